The Labute approximate surface area is 203 Å². The quantitative estimate of drug-likeness (QED) is 0.476. The number of hydrogen-bond donors (Lipinski definition) is 0. The first-order chi connectivity index (χ1) is 17.1. The summed E-state index contributed by atoms with van der Waals surface area (Å²) in [5.41, 5.74) is 3.61. The number of halogens is 1. The molecule has 6 heteroatoms. The van der Waals surface area contributed by atoms with Crippen LogP contribution in [0.4, 0.5) is 10.1 Å². The summed E-state index contributed by atoms with van der Waals surface area (Å²) in [5.74, 6) is -0.180. The Kier molecular flexibility index (Phi) is 6.15. The van der Waals surface area contributed by atoms with Crippen LogP contribution < -0.4 is 9.64 Å². The molecule has 174 valence electrons. The van der Waals surface area contributed by atoms with Gasteiger partial charge in [-0.25, -0.2) is 4.39 Å². The number of hydrogen-bond acceptors (Lipinski definition) is 4. The average molecular weight is 467 g/mol. The number of amides is 1. The summed E-state index contributed by atoms with van der Waals surface area (Å²) in [5, 5.41) is 9.57. The van der Waals surface area contributed by atoms with Crippen molar-refractivity contribution in [3.8, 4) is 11.8 Å². The number of allylic oxidation sites excluding steroid dienone is 2. The van der Waals surface area contributed by atoms with Gasteiger partial charge in [0.05, 0.1) is 11.3 Å². The number of para-hydroxylation sites is 1. The van der Waals surface area contributed by atoms with Gasteiger partial charge in [-0.15, -0.1) is 0 Å². The predicted molar refractivity (Wildman–Crippen MR) is 129 cm³/mol. The van der Waals surface area contributed by atoms with Gasteiger partial charge in [0.1, 0.15) is 24.2 Å². The number of ketones is 1. The van der Waals surface area contributed by atoms with Crippen molar-refractivity contribution in [1.29, 1.82) is 5.26 Å². The minimum absolute atomic E-state index is 0.0445. The zero-order valence-corrected chi connectivity index (χ0v) is 19.0. The average Bonchev–Trinajstić information content (AvgIpc) is 2.88. The highest BCUT2D eigenvalue weighted by Crippen LogP contribution is 2.44. The predicted octanol–water partition coefficient (Wildman–Crippen LogP) is 5.80. The molecule has 0 aromatic heterocycles. The minimum atomic E-state index is -0.351. The van der Waals surface area contributed by atoms with Gasteiger partial charge < -0.3 is 4.74 Å². The van der Waals surface area contributed by atoms with Crippen LogP contribution in [0.25, 0.3) is 0 Å². The van der Waals surface area contributed by atoms with E-state index in [0.717, 1.165) is 5.56 Å². The molecule has 1 amide bonds. The van der Waals surface area contributed by atoms with Gasteiger partial charge in [0.25, 0.3) is 0 Å². The van der Waals surface area contributed by atoms with Crippen LogP contribution in [0, 0.1) is 17.1 Å². The smallest absolute Gasteiger partial charge is 0.232 e. The van der Waals surface area contributed by atoms with Crippen molar-refractivity contribution in [2.24, 2.45) is 0 Å². The Hall–Kier alpha value is -4.24. The number of nitrogens with zero attached hydrogens (tertiary/aromatic N) is 2. The number of nitriles is 1. The van der Waals surface area contributed by atoms with E-state index in [1.165, 1.54) is 6.07 Å². The van der Waals surface area contributed by atoms with Gasteiger partial charge in [-0.2, -0.15) is 5.26 Å². The second-order valence-corrected chi connectivity index (χ2v) is 8.70. The molecule has 0 radical (unpaired) electrons. The Morgan fingerprint density at radius 2 is 1.71 bits per heavy atom. The molecule has 0 N–H and O–H groups in total. The van der Waals surface area contributed by atoms with Crippen LogP contribution in [0.2, 0.25) is 0 Å². The second kappa shape index (κ2) is 9.55. The van der Waals surface area contributed by atoms with Gasteiger partial charge in [-0.05, 0) is 48.7 Å². The van der Waals surface area contributed by atoms with E-state index in [1.54, 1.807) is 59.5 Å². The lowest BCUT2D eigenvalue weighted by molar-refractivity contribution is -0.119. The zero-order chi connectivity index (χ0) is 24.4. The lowest BCUT2D eigenvalue weighted by atomic mass is 9.77. The fraction of sp³-hybridized carbons (Fsp3) is 0.207. The molecule has 1 aliphatic heterocycles. The maximum absolute atomic E-state index is 13.9. The highest BCUT2D eigenvalue weighted by atomic mass is 19.1. The zero-order valence-electron chi connectivity index (χ0n) is 19.0. The van der Waals surface area contributed by atoms with Crippen LogP contribution in [0.3, 0.4) is 0 Å². The highest BCUT2D eigenvalue weighted by Gasteiger charge is 2.40. The summed E-state index contributed by atoms with van der Waals surface area (Å²) in [6.07, 6.45) is 1.86. The molecule has 5 nitrogen and oxygen atoms in total. The minimum Gasteiger partial charge on any atom is -0.489 e. The third kappa shape index (κ3) is 4.33. The number of Topliss-reactive ketones (excluding diaryl/α,β-unsaturated/α-hetero) is 1. The largest absolute Gasteiger partial charge is 0.489 e. The van der Waals surface area contributed by atoms with E-state index < -0.39 is 0 Å². The van der Waals surface area contributed by atoms with E-state index in [1.807, 2.05) is 12.1 Å². The Bertz CT molecular complexity index is 1370. The molecular formula is C29H23FN2O3. The number of ether oxygens (including phenoxy) is 1. The number of benzene rings is 3. The van der Waals surface area contributed by atoms with E-state index in [0.29, 0.717) is 53.1 Å². The second-order valence-electron chi connectivity index (χ2n) is 8.70. The van der Waals surface area contributed by atoms with Crippen LogP contribution >= 0.6 is 0 Å². The van der Waals surface area contributed by atoms with Gasteiger partial charge in [-0.3, -0.25) is 14.5 Å². The summed E-state index contributed by atoms with van der Waals surface area (Å²) in [6, 6.07) is 22.9. The Balaban J connectivity index is 1.45. The molecular weight excluding hydrogens is 443 g/mol. The van der Waals surface area contributed by atoms with E-state index >= 15 is 0 Å². The Morgan fingerprint density at radius 3 is 2.49 bits per heavy atom. The van der Waals surface area contributed by atoms with Crippen LogP contribution in [0.15, 0.2) is 84.1 Å². The lowest BCUT2D eigenvalue weighted by Gasteiger charge is -2.38. The van der Waals surface area contributed by atoms with Crippen LogP contribution in [0.5, 0.6) is 5.75 Å². The molecule has 35 heavy (non-hydrogen) atoms. The van der Waals surface area contributed by atoms with Gasteiger partial charge in [-0.1, -0.05) is 42.5 Å². The molecule has 1 atom stereocenters. The molecule has 0 bridgehead atoms. The highest BCUT2D eigenvalue weighted by molar-refractivity contribution is 6.08. The van der Waals surface area contributed by atoms with Crippen LogP contribution in [0.1, 0.15) is 48.3 Å². The molecule has 0 spiro atoms. The first-order valence-corrected chi connectivity index (χ1v) is 11.6. The maximum Gasteiger partial charge on any atom is 0.232 e. The van der Waals surface area contributed by atoms with Gasteiger partial charge in [0.2, 0.25) is 5.91 Å². The number of carbonyl (C=O) groups is 2. The normalized spacial score (nSPS) is 17.7. The van der Waals surface area contributed by atoms with Crippen LogP contribution in [-0.4, -0.2) is 11.7 Å². The summed E-state index contributed by atoms with van der Waals surface area (Å²) < 4.78 is 19.6. The van der Waals surface area contributed by atoms with Crippen LogP contribution in [-0.2, 0) is 16.2 Å². The molecule has 1 unspecified atom stereocenters. The van der Waals surface area contributed by atoms with E-state index in [-0.39, 0.29) is 36.5 Å². The van der Waals surface area contributed by atoms with Gasteiger partial charge in [0, 0.05) is 35.6 Å². The third-order valence-electron chi connectivity index (χ3n) is 6.58. The molecule has 5 rings (SSSR count). The van der Waals surface area contributed by atoms with Gasteiger partial charge >= 0.3 is 0 Å². The number of rotatable bonds is 5. The molecule has 1 heterocycles. The fourth-order valence-electron chi connectivity index (χ4n) is 4.89. The lowest BCUT2D eigenvalue weighted by Crippen LogP contribution is -2.40. The monoisotopic (exact) mass is 466 g/mol. The topological polar surface area (TPSA) is 70.4 Å². The van der Waals surface area contributed by atoms with Crippen molar-refractivity contribution in [3.05, 3.63) is 107 Å². The van der Waals surface area contributed by atoms with Crippen molar-refractivity contribution >= 4 is 17.4 Å². The van der Waals surface area contributed by atoms with E-state index in [4.69, 9.17) is 4.74 Å². The van der Waals surface area contributed by atoms with Crippen molar-refractivity contribution < 1.29 is 18.7 Å². The molecule has 0 saturated heterocycles. The standard InChI is InChI=1S/C29H23FN2O3/c30-24-8-3-1-7-21(24)18-35-22-14-12-19(13-15-22)23-16-28(34)32(25-9-4-2-6-20(25)17-31)26-10-5-11-27(33)29(23)26/h1-4,6-9,12-15,23H,5,10-11,16,18H2. The van der Waals surface area contributed by atoms with Crippen molar-refractivity contribution in [2.45, 2.75) is 38.2 Å². The SMILES string of the molecule is N#Cc1ccccc1N1C(=O)CC(c2ccc(OCc3ccccc3F)cc2)C2=C1CCCC2=O. The Morgan fingerprint density at radius 1 is 0.971 bits per heavy atom. The van der Waals surface area contributed by atoms with E-state index in [2.05, 4.69) is 6.07 Å². The summed E-state index contributed by atoms with van der Waals surface area (Å²) in [4.78, 5) is 28.0. The molecule has 3 aromatic carbocycles. The summed E-state index contributed by atoms with van der Waals surface area (Å²) >= 11 is 0. The number of carbonyl (C=O) groups excluding carboxylic acids is 2. The van der Waals surface area contributed by atoms with Gasteiger partial charge in [0.15, 0.2) is 5.78 Å². The fourth-order valence-corrected chi connectivity index (χ4v) is 4.89. The number of anilines is 1. The van der Waals surface area contributed by atoms with Crippen molar-refractivity contribution in [1.82, 2.24) is 0 Å². The van der Waals surface area contributed by atoms with Crippen molar-refractivity contribution in [2.75, 3.05) is 4.90 Å². The van der Waals surface area contributed by atoms with Crippen molar-refractivity contribution in [3.63, 3.8) is 0 Å². The summed E-state index contributed by atoms with van der Waals surface area (Å²) in [6.45, 7) is 0.106. The molecule has 1 aliphatic carbocycles. The van der Waals surface area contributed by atoms with E-state index in [9.17, 15) is 19.2 Å². The first kappa shape index (κ1) is 22.5. The summed E-state index contributed by atoms with van der Waals surface area (Å²) in [7, 11) is 0. The first-order valence-electron chi connectivity index (χ1n) is 11.6. The molecule has 2 aliphatic rings. The maximum atomic E-state index is 13.9. The molecule has 0 fully saturated rings. The molecule has 0 saturated carbocycles. The third-order valence-corrected chi connectivity index (χ3v) is 6.58. The molecule has 3 aromatic rings.